The SMILES string of the molecule is N#Cc1ccc2c(c1)C=CC(CO)(CO)O2. The van der Waals surface area contributed by atoms with Gasteiger partial charge in [0.25, 0.3) is 0 Å². The third kappa shape index (κ3) is 1.67. The number of hydrogen-bond acceptors (Lipinski definition) is 4. The third-order valence-electron chi connectivity index (χ3n) is 2.55. The Morgan fingerprint density at radius 3 is 2.69 bits per heavy atom. The maximum absolute atomic E-state index is 9.18. The molecule has 4 heteroatoms. The Hall–Kier alpha value is -1.83. The van der Waals surface area contributed by atoms with Gasteiger partial charge in [-0.15, -0.1) is 0 Å². The van der Waals surface area contributed by atoms with Crippen LogP contribution in [0.4, 0.5) is 0 Å². The molecular formula is C12H11NO3. The van der Waals surface area contributed by atoms with Crippen molar-refractivity contribution >= 4 is 6.08 Å². The fourth-order valence-corrected chi connectivity index (χ4v) is 1.56. The molecule has 0 aromatic heterocycles. The number of ether oxygens (including phenoxy) is 1. The highest BCUT2D eigenvalue weighted by molar-refractivity contribution is 5.63. The second-order valence-electron chi connectivity index (χ2n) is 3.68. The Morgan fingerprint density at radius 1 is 1.31 bits per heavy atom. The van der Waals surface area contributed by atoms with Gasteiger partial charge in [0.05, 0.1) is 24.8 Å². The lowest BCUT2D eigenvalue weighted by atomic mass is 9.99. The number of benzene rings is 1. The normalized spacial score (nSPS) is 16.1. The Balaban J connectivity index is 2.40. The average Bonchev–Trinajstić information content (AvgIpc) is 2.37. The molecule has 1 aromatic rings. The summed E-state index contributed by atoms with van der Waals surface area (Å²) in [5.41, 5.74) is 0.269. The number of fused-ring (bicyclic) bond motifs is 1. The molecule has 1 aliphatic heterocycles. The molecule has 0 amide bonds. The van der Waals surface area contributed by atoms with Crippen LogP contribution in [0.25, 0.3) is 6.08 Å². The number of rotatable bonds is 2. The second-order valence-corrected chi connectivity index (χ2v) is 3.68. The fraction of sp³-hybridized carbons (Fsp3) is 0.250. The van der Waals surface area contributed by atoms with Gasteiger partial charge in [0.1, 0.15) is 5.75 Å². The quantitative estimate of drug-likeness (QED) is 0.764. The van der Waals surface area contributed by atoms with E-state index < -0.39 is 5.60 Å². The van der Waals surface area contributed by atoms with Gasteiger partial charge in [-0.05, 0) is 24.3 Å². The van der Waals surface area contributed by atoms with Gasteiger partial charge in [0.15, 0.2) is 5.60 Å². The van der Waals surface area contributed by atoms with E-state index in [1.54, 1.807) is 30.4 Å². The van der Waals surface area contributed by atoms with Crippen molar-refractivity contribution < 1.29 is 14.9 Å². The topological polar surface area (TPSA) is 73.5 Å². The predicted molar refractivity (Wildman–Crippen MR) is 57.7 cm³/mol. The van der Waals surface area contributed by atoms with Crippen LogP contribution in [0, 0.1) is 11.3 Å². The highest BCUT2D eigenvalue weighted by atomic mass is 16.5. The largest absolute Gasteiger partial charge is 0.478 e. The zero-order valence-corrected chi connectivity index (χ0v) is 8.55. The lowest BCUT2D eigenvalue weighted by molar-refractivity contribution is 0.00166. The first-order valence-electron chi connectivity index (χ1n) is 4.87. The minimum Gasteiger partial charge on any atom is -0.478 e. The Labute approximate surface area is 93.0 Å². The van der Waals surface area contributed by atoms with Crippen molar-refractivity contribution in [3.63, 3.8) is 0 Å². The van der Waals surface area contributed by atoms with Crippen molar-refractivity contribution in [1.29, 1.82) is 5.26 Å². The first kappa shape index (κ1) is 10.7. The van der Waals surface area contributed by atoms with Crippen LogP contribution in [0.15, 0.2) is 24.3 Å². The monoisotopic (exact) mass is 217 g/mol. The first-order chi connectivity index (χ1) is 7.73. The lowest BCUT2D eigenvalue weighted by Crippen LogP contribution is -2.43. The second kappa shape index (κ2) is 3.97. The summed E-state index contributed by atoms with van der Waals surface area (Å²) in [6.07, 6.45) is 3.35. The number of nitriles is 1. The number of aliphatic hydroxyl groups is 2. The minimum atomic E-state index is -1.05. The Morgan fingerprint density at radius 2 is 2.06 bits per heavy atom. The molecule has 82 valence electrons. The van der Waals surface area contributed by atoms with Gasteiger partial charge in [0, 0.05) is 5.56 Å². The van der Waals surface area contributed by atoms with E-state index in [2.05, 4.69) is 0 Å². The molecule has 1 aromatic carbocycles. The summed E-state index contributed by atoms with van der Waals surface area (Å²) in [6.45, 7) is -0.584. The molecule has 16 heavy (non-hydrogen) atoms. The van der Waals surface area contributed by atoms with E-state index >= 15 is 0 Å². The van der Waals surface area contributed by atoms with Gasteiger partial charge >= 0.3 is 0 Å². The van der Waals surface area contributed by atoms with Crippen LogP contribution in [-0.4, -0.2) is 29.0 Å². The van der Waals surface area contributed by atoms with Gasteiger partial charge in [-0.2, -0.15) is 5.26 Å². The van der Waals surface area contributed by atoms with E-state index in [1.165, 1.54) is 0 Å². The molecule has 0 radical (unpaired) electrons. The van der Waals surface area contributed by atoms with Crippen LogP contribution in [-0.2, 0) is 0 Å². The average molecular weight is 217 g/mol. The van der Waals surface area contributed by atoms with Gasteiger partial charge in [-0.3, -0.25) is 0 Å². The number of aliphatic hydroxyl groups excluding tert-OH is 2. The number of nitrogens with zero attached hydrogens (tertiary/aromatic N) is 1. The van der Waals surface area contributed by atoms with Crippen LogP contribution < -0.4 is 4.74 Å². The van der Waals surface area contributed by atoms with Gasteiger partial charge < -0.3 is 14.9 Å². The smallest absolute Gasteiger partial charge is 0.173 e. The molecule has 0 saturated heterocycles. The van der Waals surface area contributed by atoms with Crippen molar-refractivity contribution in [2.45, 2.75) is 5.60 Å². The molecule has 0 spiro atoms. The lowest BCUT2D eigenvalue weighted by Gasteiger charge is -2.31. The van der Waals surface area contributed by atoms with Crippen LogP contribution in [0.1, 0.15) is 11.1 Å². The van der Waals surface area contributed by atoms with Gasteiger partial charge in [-0.25, -0.2) is 0 Å². The van der Waals surface area contributed by atoms with Crippen molar-refractivity contribution in [2.24, 2.45) is 0 Å². The summed E-state index contributed by atoms with van der Waals surface area (Å²) in [4.78, 5) is 0. The molecule has 1 aliphatic rings. The van der Waals surface area contributed by atoms with Crippen LogP contribution >= 0.6 is 0 Å². The van der Waals surface area contributed by atoms with E-state index in [1.807, 2.05) is 6.07 Å². The minimum absolute atomic E-state index is 0.292. The first-order valence-corrected chi connectivity index (χ1v) is 4.87. The maximum Gasteiger partial charge on any atom is 0.173 e. The standard InChI is InChI=1S/C12H11NO3/c13-6-9-1-2-11-10(5-9)3-4-12(7-14,8-15)16-11/h1-5,14-15H,7-8H2. The number of hydrogen-bond donors (Lipinski definition) is 2. The van der Waals surface area contributed by atoms with Crippen molar-refractivity contribution in [3.05, 3.63) is 35.4 Å². The summed E-state index contributed by atoms with van der Waals surface area (Å²) in [7, 11) is 0. The van der Waals surface area contributed by atoms with Crippen molar-refractivity contribution in [2.75, 3.05) is 13.2 Å². The van der Waals surface area contributed by atoms with Crippen LogP contribution in [0.5, 0.6) is 5.75 Å². The zero-order chi connectivity index (χ0) is 11.6. The summed E-state index contributed by atoms with van der Waals surface area (Å²) >= 11 is 0. The summed E-state index contributed by atoms with van der Waals surface area (Å²) in [5, 5.41) is 27.1. The third-order valence-corrected chi connectivity index (χ3v) is 2.55. The fourth-order valence-electron chi connectivity index (χ4n) is 1.56. The highest BCUT2D eigenvalue weighted by Crippen LogP contribution is 2.31. The highest BCUT2D eigenvalue weighted by Gasteiger charge is 2.31. The van der Waals surface area contributed by atoms with E-state index in [0.29, 0.717) is 11.3 Å². The molecule has 0 aliphatic carbocycles. The summed E-state index contributed by atoms with van der Waals surface area (Å²) in [5.74, 6) is 0.560. The molecule has 2 rings (SSSR count). The van der Waals surface area contributed by atoms with Crippen LogP contribution in [0.3, 0.4) is 0 Å². The molecule has 4 nitrogen and oxygen atoms in total. The Bertz CT molecular complexity index is 470. The van der Waals surface area contributed by atoms with E-state index in [9.17, 15) is 10.2 Å². The van der Waals surface area contributed by atoms with E-state index in [0.717, 1.165) is 5.56 Å². The molecule has 1 heterocycles. The van der Waals surface area contributed by atoms with Gasteiger partial charge in [-0.1, -0.05) is 6.08 Å². The molecule has 0 fully saturated rings. The molecule has 2 N–H and O–H groups in total. The van der Waals surface area contributed by atoms with Crippen molar-refractivity contribution in [3.8, 4) is 11.8 Å². The van der Waals surface area contributed by atoms with Gasteiger partial charge in [0.2, 0.25) is 0 Å². The molecule has 0 bridgehead atoms. The predicted octanol–water partition coefficient (Wildman–Crippen LogP) is 0.687. The van der Waals surface area contributed by atoms with Crippen LogP contribution in [0.2, 0.25) is 0 Å². The molecule has 0 unspecified atom stereocenters. The van der Waals surface area contributed by atoms with E-state index in [4.69, 9.17) is 10.00 Å². The molecule has 0 saturated carbocycles. The summed E-state index contributed by atoms with van der Waals surface area (Å²) in [6, 6.07) is 7.04. The summed E-state index contributed by atoms with van der Waals surface area (Å²) < 4.78 is 5.52. The maximum atomic E-state index is 9.18. The molecular weight excluding hydrogens is 206 g/mol. The molecule has 0 atom stereocenters. The van der Waals surface area contributed by atoms with E-state index in [-0.39, 0.29) is 13.2 Å². The van der Waals surface area contributed by atoms with Crippen molar-refractivity contribution in [1.82, 2.24) is 0 Å². The zero-order valence-electron chi connectivity index (χ0n) is 8.55. The Kier molecular flexibility index (Phi) is 2.65.